The number of aryl methyl sites for hydroxylation is 1. The van der Waals surface area contributed by atoms with Crippen LogP contribution < -0.4 is 5.32 Å². The van der Waals surface area contributed by atoms with Gasteiger partial charge in [0.25, 0.3) is 0 Å². The highest BCUT2D eigenvalue weighted by atomic mass is 79.9. The van der Waals surface area contributed by atoms with Crippen LogP contribution in [0.15, 0.2) is 4.47 Å². The topological polar surface area (TPSA) is 37.8 Å². The van der Waals surface area contributed by atoms with Gasteiger partial charge in [0.2, 0.25) is 0 Å². The van der Waals surface area contributed by atoms with E-state index in [-0.39, 0.29) is 0 Å². The molecule has 3 nitrogen and oxygen atoms in total. The third-order valence-corrected chi connectivity index (χ3v) is 3.99. The molecule has 0 spiro atoms. The second kappa shape index (κ2) is 6.45. The number of anilines is 1. The summed E-state index contributed by atoms with van der Waals surface area (Å²) in [5.74, 6) is 2.66. The van der Waals surface area contributed by atoms with Crippen LogP contribution in [0.3, 0.4) is 0 Å². The normalized spacial score (nSPS) is 10.9. The van der Waals surface area contributed by atoms with E-state index in [9.17, 15) is 0 Å². The fraction of sp³-hybridized carbons (Fsp3) is 0.636. The van der Waals surface area contributed by atoms with Crippen LogP contribution in [0, 0.1) is 6.92 Å². The van der Waals surface area contributed by atoms with Gasteiger partial charge in [-0.3, -0.25) is 0 Å². The smallest absolute Gasteiger partial charge is 0.144 e. The Labute approximate surface area is 110 Å². The summed E-state index contributed by atoms with van der Waals surface area (Å²) in [4.78, 5) is 8.97. The lowest BCUT2D eigenvalue weighted by atomic mass is 10.4. The van der Waals surface area contributed by atoms with Crippen molar-refractivity contribution in [2.45, 2.75) is 38.7 Å². The summed E-state index contributed by atoms with van der Waals surface area (Å²) >= 11 is 5.36. The first-order chi connectivity index (χ1) is 7.54. The SMILES string of the molecule is CCNc1nc(CSC(C)C)nc(C)c1Br. The molecule has 0 aliphatic carbocycles. The van der Waals surface area contributed by atoms with Gasteiger partial charge in [-0.15, -0.1) is 0 Å². The standard InChI is InChI=1S/C11H18BrN3S/c1-5-13-11-10(12)8(4)14-9(15-11)6-16-7(2)3/h7H,5-6H2,1-4H3,(H,13,14,15). The van der Waals surface area contributed by atoms with Crippen LogP contribution in [0.2, 0.25) is 0 Å². The molecular formula is C11H18BrN3S. The Morgan fingerprint density at radius 3 is 2.62 bits per heavy atom. The van der Waals surface area contributed by atoms with Crippen LogP contribution in [0.1, 0.15) is 32.3 Å². The largest absolute Gasteiger partial charge is 0.369 e. The Morgan fingerprint density at radius 2 is 2.06 bits per heavy atom. The van der Waals surface area contributed by atoms with Crippen molar-refractivity contribution in [2.24, 2.45) is 0 Å². The molecule has 0 amide bonds. The van der Waals surface area contributed by atoms with Gasteiger partial charge in [-0.1, -0.05) is 13.8 Å². The molecule has 90 valence electrons. The van der Waals surface area contributed by atoms with E-state index in [2.05, 4.69) is 52.0 Å². The molecule has 0 unspecified atom stereocenters. The fourth-order valence-electron chi connectivity index (χ4n) is 1.21. The molecule has 0 aromatic carbocycles. The monoisotopic (exact) mass is 303 g/mol. The van der Waals surface area contributed by atoms with Gasteiger partial charge >= 0.3 is 0 Å². The van der Waals surface area contributed by atoms with E-state index >= 15 is 0 Å². The number of nitrogens with one attached hydrogen (secondary N) is 1. The van der Waals surface area contributed by atoms with E-state index in [4.69, 9.17) is 0 Å². The van der Waals surface area contributed by atoms with Gasteiger partial charge in [0.1, 0.15) is 11.6 Å². The van der Waals surface area contributed by atoms with Crippen molar-refractivity contribution in [3.8, 4) is 0 Å². The summed E-state index contributed by atoms with van der Waals surface area (Å²) in [6.45, 7) is 9.29. The summed E-state index contributed by atoms with van der Waals surface area (Å²) in [7, 11) is 0. The van der Waals surface area contributed by atoms with Gasteiger partial charge in [0, 0.05) is 6.54 Å². The Kier molecular flexibility index (Phi) is 5.55. The van der Waals surface area contributed by atoms with Crippen molar-refractivity contribution < 1.29 is 0 Å². The number of thioether (sulfide) groups is 1. The van der Waals surface area contributed by atoms with Crippen LogP contribution in [0.25, 0.3) is 0 Å². The van der Waals surface area contributed by atoms with E-state index in [0.29, 0.717) is 5.25 Å². The lowest BCUT2D eigenvalue weighted by Crippen LogP contribution is -2.06. The van der Waals surface area contributed by atoms with Crippen molar-refractivity contribution in [3.63, 3.8) is 0 Å². The molecule has 0 atom stereocenters. The minimum Gasteiger partial charge on any atom is -0.369 e. The van der Waals surface area contributed by atoms with Crippen molar-refractivity contribution >= 4 is 33.5 Å². The van der Waals surface area contributed by atoms with Gasteiger partial charge in [0.05, 0.1) is 15.9 Å². The van der Waals surface area contributed by atoms with Crippen molar-refractivity contribution in [3.05, 3.63) is 16.0 Å². The molecule has 0 aliphatic heterocycles. The number of rotatable bonds is 5. The Balaban J connectivity index is 2.86. The molecule has 1 rings (SSSR count). The number of hydrogen-bond donors (Lipinski definition) is 1. The lowest BCUT2D eigenvalue weighted by Gasteiger charge is -2.10. The molecule has 0 saturated carbocycles. The Hall–Kier alpha value is -0.290. The molecule has 0 bridgehead atoms. The van der Waals surface area contributed by atoms with E-state index in [1.54, 1.807) is 0 Å². The average Bonchev–Trinajstić information content (AvgIpc) is 2.22. The average molecular weight is 304 g/mol. The third-order valence-electron chi connectivity index (χ3n) is 1.95. The summed E-state index contributed by atoms with van der Waals surface area (Å²) < 4.78 is 0.965. The van der Waals surface area contributed by atoms with Crippen LogP contribution >= 0.6 is 27.7 Å². The van der Waals surface area contributed by atoms with Crippen molar-refractivity contribution in [1.29, 1.82) is 0 Å². The predicted molar refractivity (Wildman–Crippen MR) is 75.1 cm³/mol. The zero-order valence-corrected chi connectivity index (χ0v) is 12.6. The van der Waals surface area contributed by atoms with Gasteiger partial charge < -0.3 is 5.32 Å². The summed E-state index contributed by atoms with van der Waals surface area (Å²) in [5.41, 5.74) is 0.991. The van der Waals surface area contributed by atoms with Gasteiger partial charge in [-0.25, -0.2) is 9.97 Å². The molecule has 0 radical (unpaired) electrons. The van der Waals surface area contributed by atoms with Gasteiger partial charge in [-0.05, 0) is 35.0 Å². The molecule has 0 aliphatic rings. The highest BCUT2D eigenvalue weighted by molar-refractivity contribution is 9.10. The molecule has 16 heavy (non-hydrogen) atoms. The maximum atomic E-state index is 4.50. The third kappa shape index (κ3) is 3.94. The predicted octanol–water partition coefficient (Wildman–Crippen LogP) is 3.62. The maximum Gasteiger partial charge on any atom is 0.144 e. The van der Waals surface area contributed by atoms with Crippen LogP contribution in [-0.2, 0) is 5.75 Å². The number of hydrogen-bond acceptors (Lipinski definition) is 4. The molecule has 0 fully saturated rings. The van der Waals surface area contributed by atoms with E-state index in [1.807, 2.05) is 18.7 Å². The first-order valence-electron chi connectivity index (χ1n) is 5.43. The lowest BCUT2D eigenvalue weighted by molar-refractivity contribution is 0.970. The Bertz CT molecular complexity index is 355. The van der Waals surface area contributed by atoms with Crippen LogP contribution in [-0.4, -0.2) is 21.8 Å². The second-order valence-corrected chi connectivity index (χ2v) is 6.14. The zero-order valence-electron chi connectivity index (χ0n) is 10.2. The zero-order chi connectivity index (χ0) is 12.1. The second-order valence-electron chi connectivity index (χ2n) is 3.78. The highest BCUT2D eigenvalue weighted by Crippen LogP contribution is 2.24. The first kappa shape index (κ1) is 13.8. The van der Waals surface area contributed by atoms with Crippen molar-refractivity contribution in [2.75, 3.05) is 11.9 Å². The van der Waals surface area contributed by atoms with Gasteiger partial charge in [-0.2, -0.15) is 11.8 Å². The van der Waals surface area contributed by atoms with Gasteiger partial charge in [0.15, 0.2) is 0 Å². The van der Waals surface area contributed by atoms with Crippen molar-refractivity contribution in [1.82, 2.24) is 9.97 Å². The minimum absolute atomic E-state index is 0.607. The van der Waals surface area contributed by atoms with E-state index in [0.717, 1.165) is 34.1 Å². The summed E-state index contributed by atoms with van der Waals surface area (Å²) in [6.07, 6.45) is 0. The van der Waals surface area contributed by atoms with E-state index < -0.39 is 0 Å². The molecule has 1 N–H and O–H groups in total. The molecule has 1 heterocycles. The number of halogens is 1. The molecular weight excluding hydrogens is 286 g/mol. The number of aromatic nitrogens is 2. The molecule has 1 aromatic heterocycles. The van der Waals surface area contributed by atoms with Crippen LogP contribution in [0.5, 0.6) is 0 Å². The molecule has 5 heteroatoms. The fourth-order valence-corrected chi connectivity index (χ4v) is 2.14. The molecule has 0 saturated heterocycles. The number of nitrogens with zero attached hydrogens (tertiary/aromatic N) is 2. The summed E-state index contributed by atoms with van der Waals surface area (Å²) in [6, 6.07) is 0. The minimum atomic E-state index is 0.607. The quantitative estimate of drug-likeness (QED) is 0.901. The van der Waals surface area contributed by atoms with E-state index in [1.165, 1.54) is 0 Å². The van der Waals surface area contributed by atoms with Crippen LogP contribution in [0.4, 0.5) is 5.82 Å². The summed E-state index contributed by atoms with van der Waals surface area (Å²) in [5, 5.41) is 3.84. The maximum absolute atomic E-state index is 4.50. The molecule has 1 aromatic rings. The highest BCUT2D eigenvalue weighted by Gasteiger charge is 2.09. The first-order valence-corrected chi connectivity index (χ1v) is 7.27. The Morgan fingerprint density at radius 1 is 1.38 bits per heavy atom.